The molecule has 23 heavy (non-hydrogen) atoms. The van der Waals surface area contributed by atoms with Crippen molar-refractivity contribution in [2.45, 2.75) is 24.3 Å². The van der Waals surface area contributed by atoms with E-state index in [-0.39, 0.29) is 17.9 Å². The summed E-state index contributed by atoms with van der Waals surface area (Å²) in [5.41, 5.74) is 1.58. The van der Waals surface area contributed by atoms with Crippen LogP contribution in [0.4, 0.5) is 0 Å². The average molecular weight is 354 g/mol. The van der Waals surface area contributed by atoms with Crippen LogP contribution in [-0.2, 0) is 27.8 Å². The molecule has 0 saturated heterocycles. The Balaban J connectivity index is 2.01. The molecule has 7 heteroatoms. The van der Waals surface area contributed by atoms with Gasteiger partial charge >= 0.3 is 5.97 Å². The molecule has 122 valence electrons. The maximum Gasteiger partial charge on any atom is 0.303 e. The molecule has 0 fully saturated rings. The number of carboxylic acids is 1. The van der Waals surface area contributed by atoms with Gasteiger partial charge in [-0.25, -0.2) is 13.1 Å². The highest BCUT2D eigenvalue weighted by molar-refractivity contribution is 7.89. The number of rotatable bonds is 7. The topological polar surface area (TPSA) is 83.5 Å². The highest BCUT2D eigenvalue weighted by atomic mass is 35.5. The molecule has 2 N–H and O–H groups in total. The van der Waals surface area contributed by atoms with E-state index in [1.807, 2.05) is 0 Å². The molecule has 0 aromatic heterocycles. The van der Waals surface area contributed by atoms with Gasteiger partial charge in [0.1, 0.15) is 0 Å². The fourth-order valence-corrected chi connectivity index (χ4v) is 3.09. The number of benzene rings is 2. The molecular weight excluding hydrogens is 338 g/mol. The third-order valence-corrected chi connectivity index (χ3v) is 4.91. The Labute approximate surface area is 140 Å². The maximum absolute atomic E-state index is 12.2. The van der Waals surface area contributed by atoms with Gasteiger partial charge in [-0.2, -0.15) is 0 Å². The van der Waals surface area contributed by atoms with Gasteiger partial charge in [0, 0.05) is 18.0 Å². The second-order valence-electron chi connectivity index (χ2n) is 4.99. The van der Waals surface area contributed by atoms with Gasteiger partial charge in [0.15, 0.2) is 0 Å². The van der Waals surface area contributed by atoms with Crippen LogP contribution in [0, 0.1) is 0 Å². The van der Waals surface area contributed by atoms with E-state index >= 15 is 0 Å². The summed E-state index contributed by atoms with van der Waals surface area (Å²) in [6.07, 6.45) is 0.384. The van der Waals surface area contributed by atoms with Crippen molar-refractivity contribution in [3.8, 4) is 0 Å². The number of halogens is 1. The monoisotopic (exact) mass is 353 g/mol. The zero-order chi connectivity index (χ0) is 16.9. The second kappa shape index (κ2) is 7.59. The summed E-state index contributed by atoms with van der Waals surface area (Å²) >= 11 is 5.78. The van der Waals surface area contributed by atoms with Crippen LogP contribution in [0.1, 0.15) is 17.5 Å². The molecule has 0 unspecified atom stereocenters. The normalized spacial score (nSPS) is 11.3. The molecule has 5 nitrogen and oxygen atoms in total. The van der Waals surface area contributed by atoms with Crippen molar-refractivity contribution < 1.29 is 18.3 Å². The third-order valence-electron chi connectivity index (χ3n) is 3.24. The Kier molecular flexibility index (Phi) is 5.76. The van der Waals surface area contributed by atoms with Crippen LogP contribution >= 0.6 is 11.6 Å². The lowest BCUT2D eigenvalue weighted by atomic mass is 10.1. The number of hydrogen-bond donors (Lipinski definition) is 2. The summed E-state index contributed by atoms with van der Waals surface area (Å²) in [7, 11) is -3.62. The van der Waals surface area contributed by atoms with Crippen molar-refractivity contribution in [3.63, 3.8) is 0 Å². The number of hydrogen-bond acceptors (Lipinski definition) is 3. The standard InChI is InChI=1S/C16H16ClNO4S/c17-14-6-1-13(2-7-14)11-18-23(21,22)15-8-3-12(4-9-15)5-10-16(19)20/h1-4,6-9,18H,5,10-11H2,(H,19,20). The quantitative estimate of drug-likeness (QED) is 0.801. The number of sulfonamides is 1. The van der Waals surface area contributed by atoms with E-state index in [0.717, 1.165) is 11.1 Å². The molecular formula is C16H16ClNO4S. The summed E-state index contributed by atoms with van der Waals surface area (Å²) < 4.78 is 27.0. The lowest BCUT2D eigenvalue weighted by Crippen LogP contribution is -2.23. The van der Waals surface area contributed by atoms with Crippen LogP contribution < -0.4 is 4.72 Å². The molecule has 0 bridgehead atoms. The van der Waals surface area contributed by atoms with Crippen molar-refractivity contribution >= 4 is 27.6 Å². The summed E-state index contributed by atoms with van der Waals surface area (Å²) in [6.45, 7) is 0.167. The van der Waals surface area contributed by atoms with Gasteiger partial charge in [-0.05, 0) is 41.8 Å². The lowest BCUT2D eigenvalue weighted by molar-refractivity contribution is -0.136. The summed E-state index contributed by atoms with van der Waals surface area (Å²) in [6, 6.07) is 13.1. The minimum Gasteiger partial charge on any atom is -0.481 e. The number of nitrogens with one attached hydrogen (secondary N) is 1. The maximum atomic E-state index is 12.2. The van der Waals surface area contributed by atoms with Crippen molar-refractivity contribution in [2.75, 3.05) is 0 Å². The lowest BCUT2D eigenvalue weighted by Gasteiger charge is -2.08. The van der Waals surface area contributed by atoms with E-state index < -0.39 is 16.0 Å². The van der Waals surface area contributed by atoms with Gasteiger partial charge < -0.3 is 5.11 Å². The summed E-state index contributed by atoms with van der Waals surface area (Å²) in [5.74, 6) is -0.883. The smallest absolute Gasteiger partial charge is 0.303 e. The molecule has 2 rings (SSSR count). The first kappa shape index (κ1) is 17.5. The van der Waals surface area contributed by atoms with Crippen LogP contribution in [0.25, 0.3) is 0 Å². The van der Waals surface area contributed by atoms with Gasteiger partial charge in [0.2, 0.25) is 10.0 Å². The Hall–Kier alpha value is -1.89. The van der Waals surface area contributed by atoms with Crippen LogP contribution in [0.2, 0.25) is 5.02 Å². The summed E-state index contributed by atoms with van der Waals surface area (Å²) in [4.78, 5) is 10.7. The highest BCUT2D eigenvalue weighted by Crippen LogP contribution is 2.14. The van der Waals surface area contributed by atoms with E-state index in [0.29, 0.717) is 11.4 Å². The minimum atomic E-state index is -3.62. The highest BCUT2D eigenvalue weighted by Gasteiger charge is 2.13. The number of aryl methyl sites for hydroxylation is 1. The fourth-order valence-electron chi connectivity index (χ4n) is 1.95. The molecule has 0 saturated carbocycles. The Bertz CT molecular complexity index is 771. The molecule has 0 aliphatic heterocycles. The molecule has 0 aliphatic carbocycles. The first-order chi connectivity index (χ1) is 10.9. The molecule has 2 aromatic carbocycles. The molecule has 0 aliphatic rings. The van der Waals surface area contributed by atoms with E-state index in [1.54, 1.807) is 36.4 Å². The SMILES string of the molecule is O=C(O)CCc1ccc(S(=O)(=O)NCc2ccc(Cl)cc2)cc1. The van der Waals surface area contributed by atoms with Gasteiger partial charge in [-0.3, -0.25) is 4.79 Å². The van der Waals surface area contributed by atoms with Crippen LogP contribution in [0.15, 0.2) is 53.4 Å². The second-order valence-corrected chi connectivity index (χ2v) is 7.19. The Morgan fingerprint density at radius 2 is 1.57 bits per heavy atom. The number of aliphatic carboxylic acids is 1. The number of carbonyl (C=O) groups is 1. The van der Waals surface area contributed by atoms with E-state index in [9.17, 15) is 13.2 Å². The van der Waals surface area contributed by atoms with Gasteiger partial charge in [0.25, 0.3) is 0 Å². The zero-order valence-corrected chi connectivity index (χ0v) is 13.8. The minimum absolute atomic E-state index is 0.0148. The molecule has 0 radical (unpaired) electrons. The largest absolute Gasteiger partial charge is 0.481 e. The molecule has 0 spiro atoms. The van der Waals surface area contributed by atoms with E-state index in [4.69, 9.17) is 16.7 Å². The molecule has 0 heterocycles. The number of carboxylic acid groups (broad SMARTS) is 1. The summed E-state index contributed by atoms with van der Waals surface area (Å²) in [5, 5.41) is 9.23. The first-order valence-corrected chi connectivity index (χ1v) is 8.78. The molecule has 2 aromatic rings. The Morgan fingerprint density at radius 1 is 1.00 bits per heavy atom. The van der Waals surface area contributed by atoms with Gasteiger partial charge in [-0.15, -0.1) is 0 Å². The van der Waals surface area contributed by atoms with Gasteiger partial charge in [0.05, 0.1) is 4.90 Å². The van der Waals surface area contributed by atoms with Gasteiger partial charge in [-0.1, -0.05) is 35.9 Å². The zero-order valence-electron chi connectivity index (χ0n) is 12.2. The van der Waals surface area contributed by atoms with Crippen LogP contribution in [0.3, 0.4) is 0 Å². The third kappa shape index (κ3) is 5.35. The van der Waals surface area contributed by atoms with E-state index in [1.165, 1.54) is 12.1 Å². The van der Waals surface area contributed by atoms with Crippen molar-refractivity contribution in [1.82, 2.24) is 4.72 Å². The van der Waals surface area contributed by atoms with Crippen molar-refractivity contribution in [1.29, 1.82) is 0 Å². The van der Waals surface area contributed by atoms with E-state index in [2.05, 4.69) is 4.72 Å². The van der Waals surface area contributed by atoms with Crippen LogP contribution in [0.5, 0.6) is 0 Å². The van der Waals surface area contributed by atoms with Crippen LogP contribution in [-0.4, -0.2) is 19.5 Å². The fraction of sp³-hybridized carbons (Fsp3) is 0.188. The van der Waals surface area contributed by atoms with Crippen molar-refractivity contribution in [3.05, 3.63) is 64.7 Å². The molecule has 0 atom stereocenters. The predicted molar refractivity (Wildman–Crippen MR) is 87.9 cm³/mol. The average Bonchev–Trinajstić information content (AvgIpc) is 2.53. The first-order valence-electron chi connectivity index (χ1n) is 6.92. The predicted octanol–water partition coefficient (Wildman–Crippen LogP) is 2.84. The Morgan fingerprint density at radius 3 is 2.13 bits per heavy atom. The molecule has 0 amide bonds. The van der Waals surface area contributed by atoms with Crippen molar-refractivity contribution in [2.24, 2.45) is 0 Å².